The summed E-state index contributed by atoms with van der Waals surface area (Å²) in [5.74, 6) is 0.519. The minimum Gasteiger partial charge on any atom is -0.487 e. The molecule has 0 radical (unpaired) electrons. The van der Waals surface area contributed by atoms with E-state index in [9.17, 15) is 9.59 Å². The van der Waals surface area contributed by atoms with Gasteiger partial charge in [0.25, 0.3) is 0 Å². The first-order valence-electron chi connectivity index (χ1n) is 10.1. The summed E-state index contributed by atoms with van der Waals surface area (Å²) in [5, 5.41) is 6.52. The van der Waals surface area contributed by atoms with Crippen molar-refractivity contribution >= 4 is 23.4 Å². The summed E-state index contributed by atoms with van der Waals surface area (Å²) >= 11 is 6.21. The number of benzene rings is 1. The van der Waals surface area contributed by atoms with Gasteiger partial charge in [-0.25, -0.2) is 0 Å². The standard InChI is InChI=1S/C21H30ClN3O3/c1-13(2)9-16(24-19(26)12-23)20(27)25-17-11-21(7-3-4-8-21)28-18-6-5-14(22)10-15(17)18/h5-6,10,13,16-17H,3-4,7-9,11-12,23H2,1-2H3,(H,24,26)(H,25,27)/t16-,17-/m0/s1. The molecule has 1 heterocycles. The predicted octanol–water partition coefficient (Wildman–Crippen LogP) is 3.08. The third-order valence-electron chi connectivity index (χ3n) is 5.63. The molecule has 2 aliphatic rings. The van der Waals surface area contributed by atoms with Gasteiger partial charge in [-0.1, -0.05) is 25.4 Å². The van der Waals surface area contributed by atoms with Crippen LogP contribution < -0.4 is 21.1 Å². The van der Waals surface area contributed by atoms with Gasteiger partial charge in [-0.3, -0.25) is 9.59 Å². The lowest BCUT2D eigenvalue weighted by Crippen LogP contribution is -2.51. The van der Waals surface area contributed by atoms with Crippen LogP contribution in [0.4, 0.5) is 0 Å². The number of hydrogen-bond acceptors (Lipinski definition) is 4. The highest BCUT2D eigenvalue weighted by Crippen LogP contribution is 2.47. The molecular formula is C21H30ClN3O3. The zero-order chi connectivity index (χ0) is 20.3. The van der Waals surface area contributed by atoms with E-state index in [1.54, 1.807) is 0 Å². The van der Waals surface area contributed by atoms with Crippen molar-refractivity contribution in [2.45, 2.75) is 70.1 Å². The largest absolute Gasteiger partial charge is 0.487 e. The molecule has 1 spiro atoms. The molecular weight excluding hydrogens is 378 g/mol. The fourth-order valence-corrected chi connectivity index (χ4v) is 4.50. The summed E-state index contributed by atoms with van der Waals surface area (Å²) < 4.78 is 6.36. The summed E-state index contributed by atoms with van der Waals surface area (Å²) in [4.78, 5) is 24.8. The number of amides is 2. The van der Waals surface area contributed by atoms with Crippen LogP contribution in [-0.4, -0.2) is 30.0 Å². The van der Waals surface area contributed by atoms with Gasteiger partial charge in [0, 0.05) is 17.0 Å². The normalized spacial score (nSPS) is 21.1. The van der Waals surface area contributed by atoms with E-state index in [1.165, 1.54) is 0 Å². The molecule has 2 atom stereocenters. The second kappa shape index (κ2) is 8.70. The number of nitrogens with two attached hydrogens (primary N) is 1. The van der Waals surface area contributed by atoms with E-state index < -0.39 is 6.04 Å². The topological polar surface area (TPSA) is 93.5 Å². The highest BCUT2D eigenvalue weighted by atomic mass is 35.5. The number of hydrogen-bond donors (Lipinski definition) is 3. The van der Waals surface area contributed by atoms with Crippen molar-refractivity contribution in [3.8, 4) is 5.75 Å². The Bertz CT molecular complexity index is 732. The Hall–Kier alpha value is -1.79. The van der Waals surface area contributed by atoms with Crippen molar-refractivity contribution in [1.82, 2.24) is 10.6 Å². The van der Waals surface area contributed by atoms with E-state index in [1.807, 2.05) is 32.0 Å². The van der Waals surface area contributed by atoms with E-state index in [0.29, 0.717) is 17.9 Å². The van der Waals surface area contributed by atoms with E-state index >= 15 is 0 Å². The highest BCUT2D eigenvalue weighted by Gasteiger charge is 2.44. The molecule has 1 aliphatic carbocycles. The minimum atomic E-state index is -0.610. The van der Waals surface area contributed by atoms with Gasteiger partial charge in [0.1, 0.15) is 17.4 Å². The second-order valence-electron chi connectivity index (χ2n) is 8.39. The molecule has 6 nitrogen and oxygen atoms in total. The lowest BCUT2D eigenvalue weighted by Gasteiger charge is -2.40. The zero-order valence-corrected chi connectivity index (χ0v) is 17.3. The van der Waals surface area contributed by atoms with Crippen LogP contribution in [0.3, 0.4) is 0 Å². The van der Waals surface area contributed by atoms with Crippen molar-refractivity contribution < 1.29 is 14.3 Å². The number of nitrogens with one attached hydrogen (secondary N) is 2. The SMILES string of the molecule is CC(C)C[C@H](NC(=O)CN)C(=O)N[C@H]1CC2(CCCC2)Oc2ccc(Cl)cc21. The van der Waals surface area contributed by atoms with Crippen LogP contribution in [0.1, 0.15) is 64.0 Å². The molecule has 7 heteroatoms. The van der Waals surface area contributed by atoms with Gasteiger partial charge in [0.05, 0.1) is 12.6 Å². The van der Waals surface area contributed by atoms with Crippen molar-refractivity contribution in [3.63, 3.8) is 0 Å². The number of carbonyl (C=O) groups excluding carboxylic acids is 2. The molecule has 1 aromatic carbocycles. The van der Waals surface area contributed by atoms with E-state index in [4.69, 9.17) is 22.1 Å². The summed E-state index contributed by atoms with van der Waals surface area (Å²) in [6, 6.07) is 4.76. The maximum atomic E-state index is 13.1. The summed E-state index contributed by atoms with van der Waals surface area (Å²) in [6.07, 6.45) is 5.50. The van der Waals surface area contributed by atoms with Crippen LogP contribution in [0.15, 0.2) is 18.2 Å². The van der Waals surface area contributed by atoms with Gasteiger partial charge >= 0.3 is 0 Å². The van der Waals surface area contributed by atoms with Gasteiger partial charge in [0.2, 0.25) is 11.8 Å². The van der Waals surface area contributed by atoms with Gasteiger partial charge in [-0.15, -0.1) is 0 Å². The van der Waals surface area contributed by atoms with Crippen LogP contribution in [0, 0.1) is 5.92 Å². The number of fused-ring (bicyclic) bond motifs is 1. The number of halogens is 1. The smallest absolute Gasteiger partial charge is 0.243 e. The quantitative estimate of drug-likeness (QED) is 0.675. The first-order chi connectivity index (χ1) is 13.3. The third-order valence-corrected chi connectivity index (χ3v) is 5.86. The Morgan fingerprint density at radius 1 is 1.32 bits per heavy atom. The monoisotopic (exact) mass is 407 g/mol. The first kappa shape index (κ1) is 20.9. The molecule has 1 aliphatic heterocycles. The maximum Gasteiger partial charge on any atom is 0.243 e. The van der Waals surface area contributed by atoms with Gasteiger partial charge in [-0.05, 0) is 56.2 Å². The molecule has 1 aromatic rings. The average molecular weight is 408 g/mol. The van der Waals surface area contributed by atoms with Gasteiger partial charge in [-0.2, -0.15) is 0 Å². The lowest BCUT2D eigenvalue weighted by atomic mass is 9.85. The molecule has 3 rings (SSSR count). The van der Waals surface area contributed by atoms with Crippen LogP contribution in [-0.2, 0) is 9.59 Å². The third kappa shape index (κ3) is 4.78. The van der Waals surface area contributed by atoms with E-state index in [2.05, 4.69) is 10.6 Å². The Balaban J connectivity index is 1.83. The molecule has 1 saturated carbocycles. The number of rotatable bonds is 6. The Morgan fingerprint density at radius 3 is 2.68 bits per heavy atom. The van der Waals surface area contributed by atoms with Crippen LogP contribution in [0.2, 0.25) is 5.02 Å². The average Bonchev–Trinajstić information content (AvgIpc) is 3.08. The van der Waals surface area contributed by atoms with Crippen LogP contribution in [0.25, 0.3) is 0 Å². The molecule has 1 fully saturated rings. The first-order valence-corrected chi connectivity index (χ1v) is 10.5. The van der Waals surface area contributed by atoms with Crippen molar-refractivity contribution in [2.24, 2.45) is 11.7 Å². The maximum absolute atomic E-state index is 13.1. The fourth-order valence-electron chi connectivity index (χ4n) is 4.32. The summed E-state index contributed by atoms with van der Waals surface area (Å²) in [6.45, 7) is 3.90. The molecule has 2 amide bonds. The molecule has 0 bridgehead atoms. The van der Waals surface area contributed by atoms with Crippen LogP contribution in [0.5, 0.6) is 5.75 Å². The number of ether oxygens (including phenoxy) is 1. The minimum absolute atomic E-state index is 0.138. The summed E-state index contributed by atoms with van der Waals surface area (Å²) in [5.41, 5.74) is 6.08. The molecule has 0 aromatic heterocycles. The van der Waals surface area contributed by atoms with Gasteiger partial charge < -0.3 is 21.1 Å². The zero-order valence-electron chi connectivity index (χ0n) is 16.6. The molecule has 28 heavy (non-hydrogen) atoms. The molecule has 154 valence electrons. The summed E-state index contributed by atoms with van der Waals surface area (Å²) in [7, 11) is 0. The fraction of sp³-hybridized carbons (Fsp3) is 0.619. The van der Waals surface area contributed by atoms with Crippen LogP contribution >= 0.6 is 11.6 Å². The number of carbonyl (C=O) groups is 2. The Kier molecular flexibility index (Phi) is 6.50. The lowest BCUT2D eigenvalue weighted by molar-refractivity contribution is -0.129. The van der Waals surface area contributed by atoms with Gasteiger partial charge in [0.15, 0.2) is 0 Å². The van der Waals surface area contributed by atoms with Crippen molar-refractivity contribution in [1.29, 1.82) is 0 Å². The van der Waals surface area contributed by atoms with Crippen molar-refractivity contribution in [2.75, 3.05) is 6.54 Å². The van der Waals surface area contributed by atoms with Crippen molar-refractivity contribution in [3.05, 3.63) is 28.8 Å². The molecule has 0 saturated heterocycles. The molecule has 0 unspecified atom stereocenters. The highest BCUT2D eigenvalue weighted by molar-refractivity contribution is 6.30. The second-order valence-corrected chi connectivity index (χ2v) is 8.83. The Morgan fingerprint density at radius 2 is 2.04 bits per heavy atom. The van der Waals surface area contributed by atoms with E-state index in [-0.39, 0.29) is 35.9 Å². The predicted molar refractivity (Wildman–Crippen MR) is 109 cm³/mol. The Labute approximate surface area is 171 Å². The molecule has 4 N–H and O–H groups in total. The van der Waals surface area contributed by atoms with E-state index in [0.717, 1.165) is 37.0 Å².